The van der Waals surface area contributed by atoms with Gasteiger partial charge in [-0.2, -0.15) is 0 Å². The topological polar surface area (TPSA) is 151 Å². The number of hydrogen-bond acceptors (Lipinski definition) is 10. The van der Waals surface area contributed by atoms with Crippen LogP contribution in [0.3, 0.4) is 0 Å². The van der Waals surface area contributed by atoms with Gasteiger partial charge in [-0.1, -0.05) is 24.3 Å². The molecule has 0 radical (unpaired) electrons. The Hall–Kier alpha value is -4.61. The molecule has 1 aliphatic heterocycles. The molecule has 0 fully saturated rings. The Morgan fingerprint density at radius 2 is 1.63 bits per heavy atom. The summed E-state index contributed by atoms with van der Waals surface area (Å²) >= 11 is 0. The van der Waals surface area contributed by atoms with E-state index in [2.05, 4.69) is 14.8 Å². The molecule has 0 aliphatic carbocycles. The summed E-state index contributed by atoms with van der Waals surface area (Å²) in [5.74, 6) is -1.22. The van der Waals surface area contributed by atoms with E-state index in [1.807, 2.05) is 0 Å². The molecule has 0 saturated carbocycles. The predicted octanol–water partition coefficient (Wildman–Crippen LogP) is 4.10. The molecule has 1 N–H and O–H groups in total. The van der Waals surface area contributed by atoms with Crippen molar-refractivity contribution in [1.29, 1.82) is 0 Å². The van der Waals surface area contributed by atoms with Crippen LogP contribution in [0.2, 0.25) is 0 Å². The quantitative estimate of drug-likeness (QED) is 0.232. The van der Waals surface area contributed by atoms with E-state index in [1.54, 1.807) is 24.3 Å². The number of rotatable bonds is 10. The Balaban J connectivity index is 1.76. The average molecular weight is 526 g/mol. The van der Waals surface area contributed by atoms with Gasteiger partial charge in [-0.3, -0.25) is 19.3 Å². The van der Waals surface area contributed by atoms with Crippen molar-refractivity contribution in [2.24, 2.45) is 0 Å². The van der Waals surface area contributed by atoms with Gasteiger partial charge in [-0.25, -0.2) is 9.59 Å². The van der Waals surface area contributed by atoms with Gasteiger partial charge < -0.3 is 28.7 Å². The lowest BCUT2D eigenvalue weighted by molar-refractivity contribution is -0.141. The second-order valence-electron chi connectivity index (χ2n) is 8.44. The first-order valence-electron chi connectivity index (χ1n) is 11.9. The van der Waals surface area contributed by atoms with Crippen molar-refractivity contribution in [3.05, 3.63) is 30.0 Å². The summed E-state index contributed by atoms with van der Waals surface area (Å²) in [5.41, 5.74) is 0.229. The first kappa shape index (κ1) is 26.5. The number of esters is 2. The van der Waals surface area contributed by atoms with E-state index in [-0.39, 0.29) is 60.9 Å². The van der Waals surface area contributed by atoms with Crippen molar-refractivity contribution in [3.63, 3.8) is 0 Å². The summed E-state index contributed by atoms with van der Waals surface area (Å²) in [7, 11) is 2.55. The van der Waals surface area contributed by atoms with E-state index >= 15 is 0 Å². The second kappa shape index (κ2) is 11.2. The fraction of sp³-hybridized carbons (Fsp3) is 0.346. The highest BCUT2D eigenvalue weighted by molar-refractivity contribution is 6.22. The van der Waals surface area contributed by atoms with Crippen molar-refractivity contribution < 1.29 is 47.3 Å². The van der Waals surface area contributed by atoms with Crippen molar-refractivity contribution in [2.45, 2.75) is 32.6 Å². The number of carbonyl (C=O) groups excluding carboxylic acids is 5. The number of ether oxygens (including phenoxy) is 4. The monoisotopic (exact) mass is 526 g/mol. The van der Waals surface area contributed by atoms with Crippen LogP contribution in [-0.4, -0.2) is 57.2 Å². The van der Waals surface area contributed by atoms with E-state index in [4.69, 9.17) is 13.9 Å². The van der Waals surface area contributed by atoms with Crippen LogP contribution in [0.1, 0.15) is 43.2 Å². The number of methoxy groups -OCH3 is 2. The van der Waals surface area contributed by atoms with Crippen LogP contribution in [0.5, 0.6) is 11.5 Å². The number of carbonyl (C=O) groups is 5. The SMILES string of the molecule is COC(=O)CCCNC(=O)Oc1c2ccccc2c2c3c(c(C(C)=O)oc13)N(CCCC(=O)OC)C(=O)O2. The van der Waals surface area contributed by atoms with Crippen LogP contribution in [0.4, 0.5) is 15.3 Å². The number of Topliss-reactive ketones (excluding diaryl/α,β-unsaturated/α-hetero) is 1. The van der Waals surface area contributed by atoms with Gasteiger partial charge in [0.05, 0.1) is 19.6 Å². The van der Waals surface area contributed by atoms with Crippen LogP contribution in [0.15, 0.2) is 28.7 Å². The maximum Gasteiger partial charge on any atom is 0.419 e. The van der Waals surface area contributed by atoms with E-state index in [1.165, 1.54) is 26.0 Å². The summed E-state index contributed by atoms with van der Waals surface area (Å²) in [6.45, 7) is 1.49. The minimum Gasteiger partial charge on any atom is -0.469 e. The highest BCUT2D eigenvalue weighted by atomic mass is 16.6. The molecule has 1 aliphatic rings. The molecule has 0 unspecified atom stereocenters. The van der Waals surface area contributed by atoms with Crippen molar-refractivity contribution in [2.75, 3.05) is 32.2 Å². The molecule has 0 bridgehead atoms. The number of amides is 2. The molecule has 2 amide bonds. The zero-order chi connectivity index (χ0) is 27.4. The molecular formula is C26H26N2O10. The number of nitrogens with one attached hydrogen (secondary N) is 1. The molecular weight excluding hydrogens is 500 g/mol. The third-order valence-electron chi connectivity index (χ3n) is 5.97. The molecule has 12 heteroatoms. The highest BCUT2D eigenvalue weighted by Crippen LogP contribution is 2.51. The number of anilines is 1. The van der Waals surface area contributed by atoms with E-state index in [9.17, 15) is 24.0 Å². The van der Waals surface area contributed by atoms with Gasteiger partial charge in [0.25, 0.3) is 0 Å². The lowest BCUT2D eigenvalue weighted by atomic mass is 10.0. The fourth-order valence-corrected chi connectivity index (χ4v) is 4.21. The van der Waals surface area contributed by atoms with Crippen molar-refractivity contribution in [1.82, 2.24) is 5.32 Å². The third-order valence-corrected chi connectivity index (χ3v) is 5.97. The van der Waals surface area contributed by atoms with Gasteiger partial charge in [-0.15, -0.1) is 0 Å². The Labute approximate surface area is 216 Å². The van der Waals surface area contributed by atoms with Gasteiger partial charge in [0.1, 0.15) is 5.69 Å². The maximum atomic E-state index is 13.0. The van der Waals surface area contributed by atoms with Crippen LogP contribution < -0.4 is 19.7 Å². The molecule has 38 heavy (non-hydrogen) atoms. The summed E-state index contributed by atoms with van der Waals surface area (Å²) in [4.78, 5) is 62.4. The van der Waals surface area contributed by atoms with Gasteiger partial charge in [0.2, 0.25) is 0 Å². The molecule has 0 saturated heterocycles. The van der Waals surface area contributed by atoms with Gasteiger partial charge >= 0.3 is 24.1 Å². The number of hydrogen-bond donors (Lipinski definition) is 1. The van der Waals surface area contributed by atoms with E-state index in [0.717, 1.165) is 0 Å². The Bertz CT molecular complexity index is 1440. The second-order valence-corrected chi connectivity index (χ2v) is 8.44. The Kier molecular flexibility index (Phi) is 7.79. The molecule has 200 valence electrons. The van der Waals surface area contributed by atoms with Crippen LogP contribution in [0.25, 0.3) is 21.7 Å². The molecule has 3 aromatic rings. The molecule has 4 rings (SSSR count). The number of nitrogens with zero attached hydrogens (tertiary/aromatic N) is 1. The molecule has 1 aromatic heterocycles. The summed E-state index contributed by atoms with van der Waals surface area (Å²) in [5, 5.41) is 3.75. The molecule has 0 atom stereocenters. The smallest absolute Gasteiger partial charge is 0.419 e. The molecule has 0 spiro atoms. The van der Waals surface area contributed by atoms with Gasteiger partial charge in [0, 0.05) is 43.6 Å². The molecule has 2 aromatic carbocycles. The molecule has 2 heterocycles. The predicted molar refractivity (Wildman–Crippen MR) is 134 cm³/mol. The summed E-state index contributed by atoms with van der Waals surface area (Å²) in [6.07, 6.45) is -0.792. The minimum absolute atomic E-state index is 0.0334. The Morgan fingerprint density at radius 3 is 2.29 bits per heavy atom. The van der Waals surface area contributed by atoms with Crippen LogP contribution >= 0.6 is 0 Å². The van der Waals surface area contributed by atoms with Gasteiger partial charge in [-0.05, 0) is 12.8 Å². The average Bonchev–Trinajstić information content (AvgIpc) is 3.31. The van der Waals surface area contributed by atoms with E-state index < -0.39 is 29.9 Å². The number of benzene rings is 2. The molecule has 12 nitrogen and oxygen atoms in total. The first-order chi connectivity index (χ1) is 18.3. The first-order valence-corrected chi connectivity index (χ1v) is 11.9. The normalized spacial score (nSPS) is 12.3. The van der Waals surface area contributed by atoms with Gasteiger partial charge in [0.15, 0.2) is 28.6 Å². The number of fused-ring (bicyclic) bond motifs is 2. The lowest BCUT2D eigenvalue weighted by Crippen LogP contribution is -2.37. The van der Waals surface area contributed by atoms with Crippen molar-refractivity contribution >= 4 is 57.3 Å². The number of furan rings is 1. The zero-order valence-corrected chi connectivity index (χ0v) is 21.1. The number of ketones is 1. The zero-order valence-electron chi connectivity index (χ0n) is 21.1. The minimum atomic E-state index is -0.805. The van der Waals surface area contributed by atoms with Crippen molar-refractivity contribution in [3.8, 4) is 11.5 Å². The third kappa shape index (κ3) is 5.10. The summed E-state index contributed by atoms with van der Waals surface area (Å²) < 4.78 is 26.5. The summed E-state index contributed by atoms with van der Waals surface area (Å²) in [6, 6.07) is 6.79. The standard InChI is InChI=1S/C26H26N2O10/c1-14(29)21-20-19-22(38-26(33)28(20)13-7-11-18(31)35-3)15-8-4-5-9-16(15)23(24(19)36-21)37-25(32)27-12-6-10-17(30)34-2/h4-5,8-9H,6-7,10-13H2,1-3H3,(H,27,32). The van der Waals surface area contributed by atoms with E-state index in [0.29, 0.717) is 22.6 Å². The van der Waals surface area contributed by atoms with Crippen LogP contribution in [-0.2, 0) is 19.1 Å². The Morgan fingerprint density at radius 1 is 0.974 bits per heavy atom. The maximum absolute atomic E-state index is 13.0. The highest BCUT2D eigenvalue weighted by Gasteiger charge is 2.38. The largest absolute Gasteiger partial charge is 0.469 e. The van der Waals surface area contributed by atoms with Crippen LogP contribution in [0, 0.1) is 0 Å². The lowest BCUT2D eigenvalue weighted by Gasteiger charge is -2.27. The fourth-order valence-electron chi connectivity index (χ4n) is 4.21.